The Morgan fingerprint density at radius 1 is 1.15 bits per heavy atom. The van der Waals surface area contributed by atoms with Gasteiger partial charge >= 0.3 is 0 Å². The number of amides is 1. The average molecular weight is 278 g/mol. The maximum Gasteiger partial charge on any atom is 0.221 e. The molecule has 20 heavy (non-hydrogen) atoms. The SMILES string of the molecule is CCCCNC(=O)CCNCCc1ccc(OC)cc1. The van der Waals surface area contributed by atoms with Gasteiger partial charge in [0.15, 0.2) is 0 Å². The third kappa shape index (κ3) is 7.14. The summed E-state index contributed by atoms with van der Waals surface area (Å²) in [6.07, 6.45) is 3.67. The monoisotopic (exact) mass is 278 g/mol. The second-order valence-corrected chi connectivity index (χ2v) is 4.80. The molecule has 0 saturated heterocycles. The maximum atomic E-state index is 11.5. The maximum absolute atomic E-state index is 11.5. The van der Waals surface area contributed by atoms with Gasteiger partial charge in [-0.25, -0.2) is 0 Å². The van der Waals surface area contributed by atoms with Gasteiger partial charge in [0, 0.05) is 19.5 Å². The van der Waals surface area contributed by atoms with E-state index in [2.05, 4.69) is 29.7 Å². The Morgan fingerprint density at radius 3 is 2.55 bits per heavy atom. The van der Waals surface area contributed by atoms with E-state index >= 15 is 0 Å². The van der Waals surface area contributed by atoms with Crippen molar-refractivity contribution in [2.24, 2.45) is 0 Å². The number of ether oxygens (including phenoxy) is 1. The van der Waals surface area contributed by atoms with Gasteiger partial charge in [-0.1, -0.05) is 25.5 Å². The summed E-state index contributed by atoms with van der Waals surface area (Å²) in [5.41, 5.74) is 1.27. The minimum absolute atomic E-state index is 0.135. The first-order chi connectivity index (χ1) is 9.76. The molecule has 1 aromatic rings. The second kappa shape index (κ2) is 10.3. The molecule has 0 heterocycles. The van der Waals surface area contributed by atoms with E-state index in [9.17, 15) is 4.79 Å². The molecule has 0 aliphatic heterocycles. The molecule has 0 aromatic heterocycles. The molecule has 112 valence electrons. The largest absolute Gasteiger partial charge is 0.497 e. The van der Waals surface area contributed by atoms with E-state index in [1.807, 2.05) is 12.1 Å². The molecule has 0 unspecified atom stereocenters. The van der Waals surface area contributed by atoms with Crippen LogP contribution >= 0.6 is 0 Å². The van der Waals surface area contributed by atoms with Crippen LogP contribution in [0.1, 0.15) is 31.7 Å². The first-order valence-corrected chi connectivity index (χ1v) is 7.36. The van der Waals surface area contributed by atoms with E-state index in [0.717, 1.165) is 44.6 Å². The topological polar surface area (TPSA) is 50.4 Å². The average Bonchev–Trinajstić information content (AvgIpc) is 2.48. The molecule has 0 aliphatic rings. The van der Waals surface area contributed by atoms with Crippen LogP contribution in [0, 0.1) is 0 Å². The molecule has 0 radical (unpaired) electrons. The fourth-order valence-corrected chi connectivity index (χ4v) is 1.84. The van der Waals surface area contributed by atoms with Crippen molar-refractivity contribution in [2.75, 3.05) is 26.7 Å². The van der Waals surface area contributed by atoms with E-state index in [-0.39, 0.29) is 5.91 Å². The molecule has 1 amide bonds. The molecule has 4 nitrogen and oxygen atoms in total. The van der Waals surface area contributed by atoms with E-state index in [4.69, 9.17) is 4.74 Å². The highest BCUT2D eigenvalue weighted by Crippen LogP contribution is 2.11. The molecule has 0 aliphatic carbocycles. The van der Waals surface area contributed by atoms with Gasteiger partial charge in [0.2, 0.25) is 5.91 Å². The highest BCUT2D eigenvalue weighted by Gasteiger charge is 1.99. The van der Waals surface area contributed by atoms with Crippen LogP contribution in [0.5, 0.6) is 5.75 Å². The summed E-state index contributed by atoms with van der Waals surface area (Å²) >= 11 is 0. The molecule has 0 bridgehead atoms. The van der Waals surface area contributed by atoms with Gasteiger partial charge in [0.05, 0.1) is 7.11 Å². The Bertz CT molecular complexity index is 377. The lowest BCUT2D eigenvalue weighted by molar-refractivity contribution is -0.120. The first kappa shape index (κ1) is 16.5. The smallest absolute Gasteiger partial charge is 0.221 e. The summed E-state index contributed by atoms with van der Waals surface area (Å²) in [5.74, 6) is 1.01. The van der Waals surface area contributed by atoms with E-state index in [1.165, 1.54) is 5.56 Å². The van der Waals surface area contributed by atoms with Crippen LogP contribution in [0.2, 0.25) is 0 Å². The van der Waals surface area contributed by atoms with Crippen molar-refractivity contribution in [3.63, 3.8) is 0 Å². The predicted octanol–water partition coefficient (Wildman–Crippen LogP) is 2.13. The van der Waals surface area contributed by atoms with Crippen LogP contribution in [0.15, 0.2) is 24.3 Å². The molecular formula is C16H26N2O2. The Morgan fingerprint density at radius 2 is 1.90 bits per heavy atom. The third-order valence-electron chi connectivity index (χ3n) is 3.13. The Hall–Kier alpha value is -1.55. The van der Waals surface area contributed by atoms with Crippen LogP contribution in [-0.4, -0.2) is 32.7 Å². The number of carbonyl (C=O) groups excluding carboxylic acids is 1. The number of unbranched alkanes of at least 4 members (excludes halogenated alkanes) is 1. The van der Waals surface area contributed by atoms with Gasteiger partial charge in [0.25, 0.3) is 0 Å². The third-order valence-corrected chi connectivity index (χ3v) is 3.13. The Balaban J connectivity index is 2.05. The fraction of sp³-hybridized carbons (Fsp3) is 0.562. The van der Waals surface area contributed by atoms with Crippen LogP contribution < -0.4 is 15.4 Å². The Kier molecular flexibility index (Phi) is 8.47. The normalized spacial score (nSPS) is 10.3. The zero-order valence-corrected chi connectivity index (χ0v) is 12.6. The zero-order valence-electron chi connectivity index (χ0n) is 12.6. The molecule has 0 fully saturated rings. The number of hydrogen-bond acceptors (Lipinski definition) is 3. The highest BCUT2D eigenvalue weighted by molar-refractivity contribution is 5.75. The number of rotatable bonds is 10. The fourth-order valence-electron chi connectivity index (χ4n) is 1.84. The molecule has 0 spiro atoms. The van der Waals surface area contributed by atoms with Crippen LogP contribution in [0.25, 0.3) is 0 Å². The predicted molar refractivity (Wildman–Crippen MR) is 82.1 cm³/mol. The van der Waals surface area contributed by atoms with Crippen molar-refractivity contribution >= 4 is 5.91 Å². The van der Waals surface area contributed by atoms with Gasteiger partial charge in [-0.2, -0.15) is 0 Å². The van der Waals surface area contributed by atoms with Gasteiger partial charge in [-0.15, -0.1) is 0 Å². The van der Waals surface area contributed by atoms with Crippen LogP contribution in [0.3, 0.4) is 0 Å². The zero-order chi connectivity index (χ0) is 14.6. The molecule has 2 N–H and O–H groups in total. The summed E-state index contributed by atoms with van der Waals surface area (Å²) in [4.78, 5) is 11.5. The quantitative estimate of drug-likeness (QED) is 0.645. The van der Waals surface area contributed by atoms with Crippen molar-refractivity contribution in [1.82, 2.24) is 10.6 Å². The van der Waals surface area contributed by atoms with Gasteiger partial charge in [-0.05, 0) is 37.1 Å². The lowest BCUT2D eigenvalue weighted by Crippen LogP contribution is -2.29. The van der Waals surface area contributed by atoms with Gasteiger partial charge < -0.3 is 15.4 Å². The van der Waals surface area contributed by atoms with Crippen molar-refractivity contribution in [1.29, 1.82) is 0 Å². The van der Waals surface area contributed by atoms with Crippen molar-refractivity contribution in [2.45, 2.75) is 32.6 Å². The van der Waals surface area contributed by atoms with E-state index in [1.54, 1.807) is 7.11 Å². The summed E-state index contributed by atoms with van der Waals surface area (Å²) in [7, 11) is 1.67. The van der Waals surface area contributed by atoms with Gasteiger partial charge in [-0.3, -0.25) is 4.79 Å². The summed E-state index contributed by atoms with van der Waals surface area (Å²) in [6, 6.07) is 8.07. The Labute approximate surface area is 121 Å². The summed E-state index contributed by atoms with van der Waals surface area (Å²) in [5, 5.41) is 6.20. The highest BCUT2D eigenvalue weighted by atomic mass is 16.5. The van der Waals surface area contributed by atoms with Gasteiger partial charge in [0.1, 0.15) is 5.75 Å². The molecule has 0 saturated carbocycles. The van der Waals surface area contributed by atoms with Crippen molar-refractivity contribution in [3.8, 4) is 5.75 Å². The molecule has 4 heteroatoms. The van der Waals surface area contributed by atoms with Crippen molar-refractivity contribution in [3.05, 3.63) is 29.8 Å². The summed E-state index contributed by atoms with van der Waals surface area (Å²) in [6.45, 7) is 4.52. The molecular weight excluding hydrogens is 252 g/mol. The number of methoxy groups -OCH3 is 1. The number of nitrogens with one attached hydrogen (secondary N) is 2. The molecule has 0 atom stereocenters. The first-order valence-electron chi connectivity index (χ1n) is 7.36. The standard InChI is InChI=1S/C16H26N2O2/c1-3-4-11-18-16(19)10-13-17-12-9-14-5-7-15(20-2)8-6-14/h5-8,17H,3-4,9-13H2,1-2H3,(H,18,19). The van der Waals surface area contributed by atoms with Crippen LogP contribution in [0.4, 0.5) is 0 Å². The number of benzene rings is 1. The summed E-state index contributed by atoms with van der Waals surface area (Å²) < 4.78 is 5.12. The lowest BCUT2D eigenvalue weighted by Gasteiger charge is -2.07. The minimum atomic E-state index is 0.135. The van der Waals surface area contributed by atoms with E-state index < -0.39 is 0 Å². The number of hydrogen-bond donors (Lipinski definition) is 2. The molecule has 1 rings (SSSR count). The number of carbonyl (C=O) groups is 1. The van der Waals surface area contributed by atoms with Crippen LogP contribution in [-0.2, 0) is 11.2 Å². The minimum Gasteiger partial charge on any atom is -0.497 e. The van der Waals surface area contributed by atoms with E-state index in [0.29, 0.717) is 6.42 Å². The molecule has 1 aromatic carbocycles. The van der Waals surface area contributed by atoms with Crippen molar-refractivity contribution < 1.29 is 9.53 Å². The lowest BCUT2D eigenvalue weighted by atomic mass is 10.1. The second-order valence-electron chi connectivity index (χ2n) is 4.80.